The Morgan fingerprint density at radius 3 is 2.44 bits per heavy atom. The summed E-state index contributed by atoms with van der Waals surface area (Å²) in [6, 6.07) is 5.80. The largest absolute Gasteiger partial charge is 0.355 e. The van der Waals surface area contributed by atoms with Gasteiger partial charge in [-0.1, -0.05) is 17.2 Å². The molecule has 1 heterocycles. The van der Waals surface area contributed by atoms with Crippen LogP contribution in [0, 0.1) is 19.8 Å². The average Bonchev–Trinajstić information content (AvgIpc) is 2.58. The summed E-state index contributed by atoms with van der Waals surface area (Å²) < 4.78 is 0. The molecule has 2 N–H and O–H groups in total. The second kappa shape index (κ2) is 8.65. The highest BCUT2D eigenvalue weighted by Crippen LogP contribution is 2.20. The third kappa shape index (κ3) is 5.31. The van der Waals surface area contributed by atoms with E-state index in [4.69, 9.17) is 0 Å². The molecule has 1 aromatic carbocycles. The summed E-state index contributed by atoms with van der Waals surface area (Å²) in [6.07, 6.45) is 1.52. The molecule has 2 rings (SSSR count). The van der Waals surface area contributed by atoms with E-state index in [0.29, 0.717) is 25.2 Å². The molecule has 0 radical (unpaired) electrons. The van der Waals surface area contributed by atoms with Crippen LogP contribution in [0.1, 0.15) is 41.3 Å². The second-order valence-electron chi connectivity index (χ2n) is 6.64. The van der Waals surface area contributed by atoms with Crippen molar-refractivity contribution in [2.75, 3.05) is 26.2 Å². The van der Waals surface area contributed by atoms with Crippen LogP contribution in [0.2, 0.25) is 0 Å². The molecular weight excluding hydrogens is 318 g/mol. The molecule has 6 heteroatoms. The molecule has 1 aliphatic heterocycles. The van der Waals surface area contributed by atoms with Crippen LogP contribution in [0.15, 0.2) is 18.2 Å². The smallest absolute Gasteiger partial charge is 0.253 e. The number of hydrogen-bond donors (Lipinski definition) is 2. The summed E-state index contributed by atoms with van der Waals surface area (Å²) in [6.45, 7) is 7.34. The molecule has 1 atom stereocenters. The van der Waals surface area contributed by atoms with E-state index >= 15 is 0 Å². The number of nitrogens with zero attached hydrogens (tertiary/aromatic N) is 1. The number of likely N-dealkylation sites (N-methyl/N-ethyl adjacent to an activating group) is 1. The maximum atomic E-state index is 12.8. The van der Waals surface area contributed by atoms with Crippen LogP contribution in [0.25, 0.3) is 0 Å². The molecule has 25 heavy (non-hydrogen) atoms. The Hall–Kier alpha value is -2.37. The molecule has 136 valence electrons. The van der Waals surface area contributed by atoms with Gasteiger partial charge in [-0.15, -0.1) is 0 Å². The maximum Gasteiger partial charge on any atom is 0.253 e. The standard InChI is InChI=1S/C19H27N3O3/c1-4-20-17(23)11-21-18(24)15-6-5-7-22(12-15)19(25)16-9-13(2)8-14(3)10-16/h8-10,15H,4-7,11-12H2,1-3H3,(H,20,23)(H,21,24). The van der Waals surface area contributed by atoms with Crippen LogP contribution >= 0.6 is 0 Å². The minimum absolute atomic E-state index is 0.0196. The number of carbonyl (C=O) groups is 3. The predicted octanol–water partition coefficient (Wildman–Crippen LogP) is 1.41. The first-order valence-corrected chi connectivity index (χ1v) is 8.82. The van der Waals surface area contributed by atoms with E-state index in [-0.39, 0.29) is 30.2 Å². The van der Waals surface area contributed by atoms with Crippen molar-refractivity contribution in [1.29, 1.82) is 0 Å². The van der Waals surface area contributed by atoms with Crippen LogP contribution in [-0.4, -0.2) is 48.8 Å². The summed E-state index contributed by atoms with van der Waals surface area (Å²) in [5.74, 6) is -0.662. The second-order valence-corrected chi connectivity index (χ2v) is 6.64. The van der Waals surface area contributed by atoms with E-state index in [1.165, 1.54) is 0 Å². The van der Waals surface area contributed by atoms with Crippen LogP contribution in [-0.2, 0) is 9.59 Å². The van der Waals surface area contributed by atoms with E-state index in [1.54, 1.807) is 4.90 Å². The van der Waals surface area contributed by atoms with Gasteiger partial charge in [-0.3, -0.25) is 14.4 Å². The normalized spacial score (nSPS) is 17.1. The summed E-state index contributed by atoms with van der Waals surface area (Å²) in [4.78, 5) is 38.2. The Bertz CT molecular complexity index is 637. The zero-order chi connectivity index (χ0) is 18.4. The molecule has 1 unspecified atom stereocenters. The fraction of sp³-hybridized carbons (Fsp3) is 0.526. The number of benzene rings is 1. The van der Waals surface area contributed by atoms with E-state index < -0.39 is 0 Å². The lowest BCUT2D eigenvalue weighted by atomic mass is 9.96. The molecular formula is C19H27N3O3. The molecule has 0 spiro atoms. The number of piperidine rings is 1. The Balaban J connectivity index is 1.96. The topological polar surface area (TPSA) is 78.5 Å². The third-order valence-electron chi connectivity index (χ3n) is 4.35. The molecule has 1 aromatic rings. The Kier molecular flexibility index (Phi) is 6.56. The van der Waals surface area contributed by atoms with Gasteiger partial charge >= 0.3 is 0 Å². The van der Waals surface area contributed by atoms with Gasteiger partial charge < -0.3 is 15.5 Å². The number of likely N-dealkylation sites (tertiary alicyclic amines) is 1. The monoisotopic (exact) mass is 345 g/mol. The first-order chi connectivity index (χ1) is 11.9. The van der Waals surface area contributed by atoms with Crippen molar-refractivity contribution in [2.24, 2.45) is 5.92 Å². The lowest BCUT2D eigenvalue weighted by Crippen LogP contribution is -2.47. The van der Waals surface area contributed by atoms with Gasteiger partial charge in [0.05, 0.1) is 12.5 Å². The highest BCUT2D eigenvalue weighted by Gasteiger charge is 2.29. The van der Waals surface area contributed by atoms with Crippen molar-refractivity contribution in [3.63, 3.8) is 0 Å². The molecule has 1 saturated heterocycles. The number of hydrogen-bond acceptors (Lipinski definition) is 3. The first kappa shape index (κ1) is 19.0. The van der Waals surface area contributed by atoms with Gasteiger partial charge in [0.2, 0.25) is 11.8 Å². The van der Waals surface area contributed by atoms with Gasteiger partial charge in [-0.25, -0.2) is 0 Å². The van der Waals surface area contributed by atoms with Gasteiger partial charge in [0, 0.05) is 25.2 Å². The predicted molar refractivity (Wildman–Crippen MR) is 96.2 cm³/mol. The lowest BCUT2D eigenvalue weighted by molar-refractivity contribution is -0.129. The SMILES string of the molecule is CCNC(=O)CNC(=O)C1CCCN(C(=O)c2cc(C)cc(C)c2)C1. The summed E-state index contributed by atoms with van der Waals surface area (Å²) in [7, 11) is 0. The Morgan fingerprint density at radius 1 is 1.12 bits per heavy atom. The summed E-state index contributed by atoms with van der Waals surface area (Å²) in [5, 5.41) is 5.31. The molecule has 0 saturated carbocycles. The number of nitrogens with one attached hydrogen (secondary N) is 2. The van der Waals surface area contributed by atoms with E-state index in [1.807, 2.05) is 39.0 Å². The Labute approximate surface area is 149 Å². The number of amides is 3. The quantitative estimate of drug-likeness (QED) is 0.847. The van der Waals surface area contributed by atoms with Gasteiger partial charge in [0.1, 0.15) is 0 Å². The molecule has 1 aliphatic rings. The summed E-state index contributed by atoms with van der Waals surface area (Å²) in [5.41, 5.74) is 2.77. The molecule has 1 fully saturated rings. The highest BCUT2D eigenvalue weighted by atomic mass is 16.2. The minimum atomic E-state index is -0.266. The van der Waals surface area contributed by atoms with Crippen molar-refractivity contribution in [3.05, 3.63) is 34.9 Å². The molecule has 6 nitrogen and oxygen atoms in total. The molecule has 0 aromatic heterocycles. The minimum Gasteiger partial charge on any atom is -0.355 e. The highest BCUT2D eigenvalue weighted by molar-refractivity contribution is 5.95. The molecule has 3 amide bonds. The van der Waals surface area contributed by atoms with Crippen molar-refractivity contribution >= 4 is 17.7 Å². The van der Waals surface area contributed by atoms with Crippen LogP contribution in [0.4, 0.5) is 0 Å². The van der Waals surface area contributed by atoms with Crippen molar-refractivity contribution in [1.82, 2.24) is 15.5 Å². The number of carbonyl (C=O) groups excluding carboxylic acids is 3. The van der Waals surface area contributed by atoms with E-state index in [9.17, 15) is 14.4 Å². The van der Waals surface area contributed by atoms with Gasteiger partial charge in [0.25, 0.3) is 5.91 Å². The van der Waals surface area contributed by atoms with E-state index in [0.717, 1.165) is 24.0 Å². The van der Waals surface area contributed by atoms with Crippen LogP contribution in [0.3, 0.4) is 0 Å². The van der Waals surface area contributed by atoms with Crippen molar-refractivity contribution in [3.8, 4) is 0 Å². The first-order valence-electron chi connectivity index (χ1n) is 8.82. The number of rotatable bonds is 5. The van der Waals surface area contributed by atoms with Crippen LogP contribution in [0.5, 0.6) is 0 Å². The number of aryl methyl sites for hydroxylation is 2. The van der Waals surface area contributed by atoms with Gasteiger partial charge in [-0.05, 0) is 45.7 Å². The third-order valence-corrected chi connectivity index (χ3v) is 4.35. The Morgan fingerprint density at radius 2 is 1.80 bits per heavy atom. The van der Waals surface area contributed by atoms with Crippen LogP contribution < -0.4 is 10.6 Å². The average molecular weight is 345 g/mol. The molecule has 0 aliphatic carbocycles. The zero-order valence-corrected chi connectivity index (χ0v) is 15.2. The zero-order valence-electron chi connectivity index (χ0n) is 15.2. The van der Waals surface area contributed by atoms with Gasteiger partial charge in [-0.2, -0.15) is 0 Å². The molecule has 0 bridgehead atoms. The van der Waals surface area contributed by atoms with Crippen molar-refractivity contribution < 1.29 is 14.4 Å². The lowest BCUT2D eigenvalue weighted by Gasteiger charge is -2.32. The van der Waals surface area contributed by atoms with Gasteiger partial charge in [0.15, 0.2) is 0 Å². The van der Waals surface area contributed by atoms with E-state index in [2.05, 4.69) is 10.6 Å². The fourth-order valence-corrected chi connectivity index (χ4v) is 3.23. The maximum absolute atomic E-state index is 12.8. The summed E-state index contributed by atoms with van der Waals surface area (Å²) >= 11 is 0. The van der Waals surface area contributed by atoms with Crippen molar-refractivity contribution in [2.45, 2.75) is 33.6 Å². The fourth-order valence-electron chi connectivity index (χ4n) is 3.23.